The van der Waals surface area contributed by atoms with Crippen molar-refractivity contribution in [2.45, 2.75) is 4.90 Å². The second-order valence-corrected chi connectivity index (χ2v) is 5.56. The second kappa shape index (κ2) is 3.67. The zero-order valence-corrected chi connectivity index (χ0v) is 10.7. The quantitative estimate of drug-likeness (QED) is 0.634. The van der Waals surface area contributed by atoms with E-state index < -0.39 is 0 Å². The molecule has 1 N–H and O–H groups in total. The zero-order valence-electron chi connectivity index (χ0n) is 6.87. The molecule has 1 aromatic heterocycles. The number of halogens is 1. The fourth-order valence-corrected chi connectivity index (χ4v) is 4.29. The van der Waals surface area contributed by atoms with Gasteiger partial charge in [0, 0.05) is 13.7 Å². The predicted octanol–water partition coefficient (Wildman–Crippen LogP) is 3.93. The van der Waals surface area contributed by atoms with Gasteiger partial charge < -0.3 is 5.11 Å². The monoisotopic (exact) mass is 322 g/mol. The van der Waals surface area contributed by atoms with E-state index in [1.54, 1.807) is 11.8 Å². The first kappa shape index (κ1) is 9.61. The van der Waals surface area contributed by atoms with E-state index in [1.165, 1.54) is 20.3 Å². The first-order valence-corrected chi connectivity index (χ1v) is 6.80. The van der Waals surface area contributed by atoms with Crippen LogP contribution in [0.3, 0.4) is 0 Å². The van der Waals surface area contributed by atoms with Gasteiger partial charge in [-0.2, -0.15) is 0 Å². The molecular formula is C9H7IOS2. The van der Waals surface area contributed by atoms with Crippen molar-refractivity contribution in [3.05, 3.63) is 21.8 Å². The summed E-state index contributed by atoms with van der Waals surface area (Å²) < 4.78 is 2.37. The van der Waals surface area contributed by atoms with Crippen molar-refractivity contribution < 1.29 is 5.11 Å². The van der Waals surface area contributed by atoms with Gasteiger partial charge in [0.05, 0.1) is 4.90 Å². The Morgan fingerprint density at radius 3 is 2.92 bits per heavy atom. The van der Waals surface area contributed by atoms with Gasteiger partial charge in [0.1, 0.15) is 0 Å². The Kier molecular flexibility index (Phi) is 2.71. The molecule has 4 heteroatoms. The van der Waals surface area contributed by atoms with Crippen LogP contribution in [0.1, 0.15) is 0 Å². The average Bonchev–Trinajstić information content (AvgIpc) is 2.42. The molecule has 0 aliphatic heterocycles. The lowest BCUT2D eigenvalue weighted by Crippen LogP contribution is -1.73. The lowest BCUT2D eigenvalue weighted by molar-refractivity contribution is 0.480. The minimum absolute atomic E-state index is 0.437. The molecule has 0 saturated heterocycles. The maximum atomic E-state index is 9.65. The highest BCUT2D eigenvalue weighted by Gasteiger charge is 2.12. The normalized spacial score (nSPS) is 10.9. The molecule has 1 nitrogen and oxygen atoms in total. The van der Waals surface area contributed by atoms with Crippen LogP contribution in [0.5, 0.6) is 5.06 Å². The van der Waals surface area contributed by atoms with Gasteiger partial charge in [-0.05, 0) is 41.0 Å². The summed E-state index contributed by atoms with van der Waals surface area (Å²) >= 11 is 5.35. The molecule has 68 valence electrons. The molecule has 0 unspecified atom stereocenters. The minimum Gasteiger partial charge on any atom is -0.499 e. The van der Waals surface area contributed by atoms with Crippen LogP contribution in [0.25, 0.3) is 10.1 Å². The van der Waals surface area contributed by atoms with Gasteiger partial charge in [0.25, 0.3) is 0 Å². The fourth-order valence-electron chi connectivity index (χ4n) is 1.26. The van der Waals surface area contributed by atoms with Crippen LogP contribution < -0.4 is 0 Å². The average molecular weight is 322 g/mol. The summed E-state index contributed by atoms with van der Waals surface area (Å²) in [6.45, 7) is 0. The van der Waals surface area contributed by atoms with Gasteiger partial charge in [-0.3, -0.25) is 0 Å². The third-order valence-corrected chi connectivity index (χ3v) is 4.60. The summed E-state index contributed by atoms with van der Waals surface area (Å²) in [6.07, 6.45) is 1.99. The third kappa shape index (κ3) is 1.55. The molecule has 0 aliphatic carbocycles. The van der Waals surface area contributed by atoms with Crippen molar-refractivity contribution in [3.8, 4) is 5.06 Å². The number of rotatable bonds is 1. The van der Waals surface area contributed by atoms with Crippen LogP contribution >= 0.6 is 45.7 Å². The molecule has 13 heavy (non-hydrogen) atoms. The maximum Gasteiger partial charge on any atom is 0.186 e. The first-order valence-electron chi connectivity index (χ1n) is 3.68. The Morgan fingerprint density at radius 2 is 2.23 bits per heavy atom. The van der Waals surface area contributed by atoms with Crippen molar-refractivity contribution >= 4 is 55.8 Å². The maximum absolute atomic E-state index is 9.65. The highest BCUT2D eigenvalue weighted by atomic mass is 127. The third-order valence-electron chi connectivity index (χ3n) is 1.81. The molecule has 0 radical (unpaired) electrons. The summed E-state index contributed by atoms with van der Waals surface area (Å²) in [5.41, 5.74) is 0. The molecule has 0 atom stereocenters. The topological polar surface area (TPSA) is 20.2 Å². The number of fused-ring (bicyclic) bond motifs is 1. The number of thiophene rings is 1. The smallest absolute Gasteiger partial charge is 0.186 e. The standard InChI is InChI=1S/C9H7IOS2/c1-12-8-7-5(10)3-2-4-6(7)13-9(8)11/h2-4,11H,1H3. The molecule has 0 fully saturated rings. The van der Waals surface area contributed by atoms with E-state index in [9.17, 15) is 5.11 Å². The van der Waals surface area contributed by atoms with Gasteiger partial charge >= 0.3 is 0 Å². The Labute approximate surface area is 98.3 Å². The number of hydrogen-bond donors (Lipinski definition) is 1. The lowest BCUT2D eigenvalue weighted by Gasteiger charge is -1.96. The summed E-state index contributed by atoms with van der Waals surface area (Å²) in [7, 11) is 0. The molecule has 2 aromatic rings. The SMILES string of the molecule is CSc1c(O)sc2cccc(I)c12. The Hall–Kier alpha value is 0.0600. The summed E-state index contributed by atoms with van der Waals surface area (Å²) in [5, 5.41) is 11.3. The highest BCUT2D eigenvalue weighted by molar-refractivity contribution is 14.1. The van der Waals surface area contributed by atoms with E-state index in [0.29, 0.717) is 5.06 Å². The van der Waals surface area contributed by atoms with Gasteiger partial charge in [-0.25, -0.2) is 0 Å². The Morgan fingerprint density at radius 1 is 1.46 bits per heavy atom. The van der Waals surface area contributed by atoms with Crippen LogP contribution in [0.2, 0.25) is 0 Å². The molecular weight excluding hydrogens is 315 g/mol. The molecule has 2 rings (SSSR count). The van der Waals surface area contributed by atoms with E-state index in [1.807, 2.05) is 18.4 Å². The predicted molar refractivity (Wildman–Crippen MR) is 68.0 cm³/mol. The number of hydrogen-bond acceptors (Lipinski definition) is 3. The van der Waals surface area contributed by atoms with Crippen LogP contribution in [0.15, 0.2) is 23.1 Å². The molecule has 0 bridgehead atoms. The second-order valence-electron chi connectivity index (χ2n) is 2.55. The van der Waals surface area contributed by atoms with E-state index in [0.717, 1.165) is 9.60 Å². The highest BCUT2D eigenvalue weighted by Crippen LogP contribution is 2.43. The van der Waals surface area contributed by atoms with Crippen LogP contribution in [-0.4, -0.2) is 11.4 Å². The van der Waals surface area contributed by atoms with Crippen molar-refractivity contribution in [2.75, 3.05) is 6.26 Å². The molecule has 0 spiro atoms. The van der Waals surface area contributed by atoms with Gasteiger partial charge in [-0.1, -0.05) is 17.4 Å². The largest absolute Gasteiger partial charge is 0.499 e. The van der Waals surface area contributed by atoms with Crippen molar-refractivity contribution in [1.29, 1.82) is 0 Å². The Bertz CT molecular complexity index is 450. The first-order chi connectivity index (χ1) is 6.24. The molecule has 0 aliphatic rings. The van der Waals surface area contributed by atoms with Crippen LogP contribution in [0.4, 0.5) is 0 Å². The van der Waals surface area contributed by atoms with Crippen LogP contribution in [0, 0.1) is 3.57 Å². The molecule has 1 aromatic carbocycles. The van der Waals surface area contributed by atoms with E-state index in [4.69, 9.17) is 0 Å². The molecule has 1 heterocycles. The Balaban J connectivity index is 2.88. The minimum atomic E-state index is 0.437. The van der Waals surface area contributed by atoms with Crippen molar-refractivity contribution in [2.24, 2.45) is 0 Å². The van der Waals surface area contributed by atoms with E-state index in [-0.39, 0.29) is 0 Å². The lowest BCUT2D eigenvalue weighted by atomic mass is 10.3. The number of benzene rings is 1. The summed E-state index contributed by atoms with van der Waals surface area (Å²) in [4.78, 5) is 1.00. The van der Waals surface area contributed by atoms with Crippen molar-refractivity contribution in [1.82, 2.24) is 0 Å². The van der Waals surface area contributed by atoms with E-state index in [2.05, 4.69) is 28.7 Å². The van der Waals surface area contributed by atoms with Gasteiger partial charge in [0.15, 0.2) is 5.06 Å². The molecule has 0 saturated carbocycles. The van der Waals surface area contributed by atoms with Crippen molar-refractivity contribution in [3.63, 3.8) is 0 Å². The molecule has 0 amide bonds. The van der Waals surface area contributed by atoms with Gasteiger partial charge in [0.2, 0.25) is 0 Å². The van der Waals surface area contributed by atoms with E-state index >= 15 is 0 Å². The fraction of sp³-hybridized carbons (Fsp3) is 0.111. The number of thioether (sulfide) groups is 1. The zero-order chi connectivity index (χ0) is 9.42. The summed E-state index contributed by atoms with van der Waals surface area (Å²) in [6, 6.07) is 6.13. The van der Waals surface area contributed by atoms with Crippen LogP contribution in [-0.2, 0) is 0 Å². The summed E-state index contributed by atoms with van der Waals surface area (Å²) in [5.74, 6) is 0. The number of aromatic hydroxyl groups is 1. The van der Waals surface area contributed by atoms with Gasteiger partial charge in [-0.15, -0.1) is 11.8 Å².